The zero-order chi connectivity index (χ0) is 23.8. The number of carbonyl (C=O) groups excluding carboxylic acids is 1. The lowest BCUT2D eigenvalue weighted by molar-refractivity contribution is -0.116. The zero-order valence-corrected chi connectivity index (χ0v) is 21.4. The van der Waals surface area contributed by atoms with Gasteiger partial charge in [-0.1, -0.05) is 30.3 Å². The molecular weight excluding hydrogens is 460 g/mol. The second kappa shape index (κ2) is 12.5. The van der Waals surface area contributed by atoms with Crippen LogP contribution in [-0.4, -0.2) is 57.9 Å². The topological polar surface area (TPSA) is 51.2 Å². The molecule has 0 saturated heterocycles. The summed E-state index contributed by atoms with van der Waals surface area (Å²) in [6.07, 6.45) is 2.01. The van der Waals surface area contributed by atoms with E-state index in [1.165, 1.54) is 0 Å². The number of carbonyl (C=O) groups is 1. The van der Waals surface area contributed by atoms with E-state index < -0.39 is 0 Å². The maximum absolute atomic E-state index is 12.6. The second-order valence-corrected chi connectivity index (χ2v) is 9.47. The molecule has 1 aliphatic rings. The minimum absolute atomic E-state index is 0.0318. The van der Waals surface area contributed by atoms with Gasteiger partial charge in [0.1, 0.15) is 16.9 Å². The van der Waals surface area contributed by atoms with Crippen molar-refractivity contribution >= 4 is 35.0 Å². The molecule has 2 aromatic carbocycles. The first-order valence-electron chi connectivity index (χ1n) is 11.3. The average Bonchev–Trinajstić information content (AvgIpc) is 3.18. The third kappa shape index (κ3) is 6.57. The van der Waals surface area contributed by atoms with Crippen LogP contribution in [-0.2, 0) is 9.53 Å². The number of thioether (sulfide) groups is 1. The quantitative estimate of drug-likeness (QED) is 0.358. The molecule has 0 N–H and O–H groups in total. The fourth-order valence-electron chi connectivity index (χ4n) is 3.94. The van der Waals surface area contributed by atoms with E-state index in [1.807, 2.05) is 36.4 Å². The molecule has 1 unspecified atom stereocenters. The lowest BCUT2D eigenvalue weighted by Crippen LogP contribution is -2.30. The van der Waals surface area contributed by atoms with Gasteiger partial charge >= 0.3 is 0 Å². The Hall–Kier alpha value is -1.93. The van der Waals surface area contributed by atoms with Gasteiger partial charge in [0.15, 0.2) is 0 Å². The predicted molar refractivity (Wildman–Crippen MR) is 135 cm³/mol. The number of fused-ring (bicyclic) bond motifs is 1. The summed E-state index contributed by atoms with van der Waals surface area (Å²) in [6, 6.07) is 11.4. The molecule has 0 bridgehead atoms. The first kappa shape index (κ1) is 25.7. The number of rotatable bonds is 12. The standard InChI is InChI=1S/C25H33ClN2O4S/c1-5-11-27(13-15-30-3)12-6-14-32-23-10-8-20(31-4)17-21(23)25-28(18(2)29)22-9-7-19(26)16-24(22)33-25/h7-10,16-17,25H,5-6,11-15H2,1-4H3. The summed E-state index contributed by atoms with van der Waals surface area (Å²) in [7, 11) is 3.37. The molecule has 1 heterocycles. The van der Waals surface area contributed by atoms with Gasteiger partial charge in [0.05, 0.1) is 26.0 Å². The van der Waals surface area contributed by atoms with Crippen LogP contribution in [0, 0.1) is 0 Å². The maximum atomic E-state index is 12.6. The van der Waals surface area contributed by atoms with Crippen LogP contribution >= 0.6 is 23.4 Å². The smallest absolute Gasteiger partial charge is 0.225 e. The van der Waals surface area contributed by atoms with Crippen LogP contribution < -0.4 is 14.4 Å². The highest BCUT2D eigenvalue weighted by Gasteiger charge is 2.36. The molecule has 0 aromatic heterocycles. The van der Waals surface area contributed by atoms with Crippen molar-refractivity contribution in [3.8, 4) is 11.5 Å². The highest BCUT2D eigenvalue weighted by Crippen LogP contribution is 2.54. The summed E-state index contributed by atoms with van der Waals surface area (Å²) in [6.45, 7) is 8.00. The van der Waals surface area contributed by atoms with Crippen molar-refractivity contribution in [1.82, 2.24) is 4.90 Å². The minimum atomic E-state index is -0.251. The van der Waals surface area contributed by atoms with Crippen molar-refractivity contribution in [3.63, 3.8) is 0 Å². The van der Waals surface area contributed by atoms with E-state index >= 15 is 0 Å². The number of anilines is 1. The van der Waals surface area contributed by atoms with Crippen molar-refractivity contribution in [2.75, 3.05) is 52.0 Å². The van der Waals surface area contributed by atoms with E-state index in [1.54, 1.807) is 37.8 Å². The normalized spacial score (nSPS) is 15.1. The van der Waals surface area contributed by atoms with Crippen LogP contribution in [0.3, 0.4) is 0 Å². The third-order valence-corrected chi connectivity index (χ3v) is 7.01. The van der Waals surface area contributed by atoms with Crippen molar-refractivity contribution in [3.05, 3.63) is 47.0 Å². The van der Waals surface area contributed by atoms with Crippen molar-refractivity contribution < 1.29 is 19.0 Å². The molecule has 8 heteroatoms. The number of benzene rings is 2. The molecule has 0 fully saturated rings. The summed E-state index contributed by atoms with van der Waals surface area (Å²) in [5.74, 6) is 1.46. The Balaban J connectivity index is 1.76. The van der Waals surface area contributed by atoms with Crippen LogP contribution in [0.2, 0.25) is 5.02 Å². The number of ether oxygens (including phenoxy) is 3. The van der Waals surface area contributed by atoms with Crippen molar-refractivity contribution in [1.29, 1.82) is 0 Å². The number of halogens is 1. The van der Waals surface area contributed by atoms with E-state index in [0.717, 1.165) is 66.7 Å². The average molecular weight is 493 g/mol. The Labute approximate surface area is 206 Å². The van der Waals surface area contributed by atoms with E-state index in [0.29, 0.717) is 11.6 Å². The van der Waals surface area contributed by atoms with Crippen LogP contribution in [0.4, 0.5) is 5.69 Å². The van der Waals surface area contributed by atoms with E-state index in [-0.39, 0.29) is 11.3 Å². The first-order valence-corrected chi connectivity index (χ1v) is 12.5. The van der Waals surface area contributed by atoms with E-state index in [2.05, 4.69) is 11.8 Å². The highest BCUT2D eigenvalue weighted by molar-refractivity contribution is 8.00. The molecule has 1 amide bonds. The molecule has 2 aromatic rings. The molecule has 180 valence electrons. The molecule has 0 saturated carbocycles. The lowest BCUT2D eigenvalue weighted by Gasteiger charge is -2.26. The van der Waals surface area contributed by atoms with Gasteiger partial charge in [-0.15, -0.1) is 0 Å². The molecule has 1 atom stereocenters. The van der Waals surface area contributed by atoms with Gasteiger partial charge in [0, 0.05) is 42.6 Å². The predicted octanol–water partition coefficient (Wildman–Crippen LogP) is 5.63. The Bertz CT molecular complexity index is 943. The first-order chi connectivity index (χ1) is 16.0. The number of nitrogens with zero attached hydrogens (tertiary/aromatic N) is 2. The van der Waals surface area contributed by atoms with Crippen LogP contribution in [0.15, 0.2) is 41.3 Å². The van der Waals surface area contributed by atoms with Crippen LogP contribution in [0.25, 0.3) is 0 Å². The fraction of sp³-hybridized carbons (Fsp3) is 0.480. The van der Waals surface area contributed by atoms with Gasteiger partial charge in [-0.05, 0) is 55.8 Å². The largest absolute Gasteiger partial charge is 0.497 e. The van der Waals surface area contributed by atoms with Crippen molar-refractivity contribution in [2.45, 2.75) is 37.0 Å². The Morgan fingerprint density at radius 3 is 2.64 bits per heavy atom. The Morgan fingerprint density at radius 1 is 1.12 bits per heavy atom. The molecule has 33 heavy (non-hydrogen) atoms. The SMILES string of the molecule is CCCN(CCCOc1ccc(OC)cc1C1Sc2cc(Cl)ccc2N1C(C)=O)CCOC. The number of hydrogen-bond acceptors (Lipinski definition) is 6. The van der Waals surface area contributed by atoms with E-state index in [9.17, 15) is 4.79 Å². The molecule has 1 aliphatic heterocycles. The number of amides is 1. The van der Waals surface area contributed by atoms with Gasteiger partial charge in [0.2, 0.25) is 5.91 Å². The summed E-state index contributed by atoms with van der Waals surface area (Å²) in [5, 5.41) is 0.400. The third-order valence-electron chi connectivity index (χ3n) is 5.50. The number of hydrogen-bond donors (Lipinski definition) is 0. The van der Waals surface area contributed by atoms with Gasteiger partial charge in [0.25, 0.3) is 0 Å². The molecule has 0 radical (unpaired) electrons. The maximum Gasteiger partial charge on any atom is 0.225 e. The fourth-order valence-corrected chi connectivity index (χ4v) is 5.58. The van der Waals surface area contributed by atoms with Gasteiger partial charge in [-0.3, -0.25) is 9.69 Å². The molecule has 0 aliphatic carbocycles. The number of methoxy groups -OCH3 is 2. The van der Waals surface area contributed by atoms with E-state index in [4.69, 9.17) is 25.8 Å². The highest BCUT2D eigenvalue weighted by atomic mass is 35.5. The summed E-state index contributed by atoms with van der Waals surface area (Å²) < 4.78 is 16.9. The Kier molecular flexibility index (Phi) is 9.74. The second-order valence-electron chi connectivity index (χ2n) is 7.91. The molecule has 0 spiro atoms. The lowest BCUT2D eigenvalue weighted by atomic mass is 10.1. The van der Waals surface area contributed by atoms with Crippen LogP contribution in [0.5, 0.6) is 11.5 Å². The Morgan fingerprint density at radius 2 is 1.94 bits per heavy atom. The minimum Gasteiger partial charge on any atom is -0.497 e. The van der Waals surface area contributed by atoms with Gasteiger partial charge in [-0.2, -0.15) is 0 Å². The summed E-state index contributed by atoms with van der Waals surface area (Å²) >= 11 is 7.81. The van der Waals surface area contributed by atoms with Crippen LogP contribution in [0.1, 0.15) is 37.6 Å². The summed E-state index contributed by atoms with van der Waals surface area (Å²) in [4.78, 5) is 17.8. The van der Waals surface area contributed by atoms with Crippen molar-refractivity contribution in [2.24, 2.45) is 0 Å². The molecular formula is C25H33ClN2O4S. The summed E-state index contributed by atoms with van der Waals surface area (Å²) in [5.41, 5.74) is 1.77. The van der Waals surface area contributed by atoms with Gasteiger partial charge < -0.3 is 19.1 Å². The zero-order valence-electron chi connectivity index (χ0n) is 19.8. The van der Waals surface area contributed by atoms with Gasteiger partial charge in [-0.25, -0.2) is 0 Å². The monoisotopic (exact) mass is 492 g/mol. The molecule has 3 rings (SSSR count). The molecule has 6 nitrogen and oxygen atoms in total.